The van der Waals surface area contributed by atoms with Crippen molar-refractivity contribution in [2.24, 2.45) is 0 Å². The summed E-state index contributed by atoms with van der Waals surface area (Å²) in [5.74, 6) is -0.0532. The summed E-state index contributed by atoms with van der Waals surface area (Å²) >= 11 is 5.69. The number of hydrogen-bond acceptors (Lipinski definition) is 2. The molecule has 13 heavy (non-hydrogen) atoms. The molecule has 0 aliphatic rings. The van der Waals surface area contributed by atoms with Crippen molar-refractivity contribution in [1.82, 2.24) is 4.98 Å². The van der Waals surface area contributed by atoms with E-state index in [1.54, 1.807) is 12.1 Å². The van der Waals surface area contributed by atoms with Crippen LogP contribution in [-0.4, -0.2) is 16.4 Å². The van der Waals surface area contributed by atoms with Crippen molar-refractivity contribution >= 4 is 28.8 Å². The van der Waals surface area contributed by atoms with Gasteiger partial charge in [0.25, 0.3) is 0 Å². The molecule has 66 valence electrons. The summed E-state index contributed by atoms with van der Waals surface area (Å²) < 4.78 is 0. The van der Waals surface area contributed by atoms with E-state index in [1.807, 2.05) is 0 Å². The number of halogens is 1. The van der Waals surface area contributed by atoms with Gasteiger partial charge < -0.3 is 10.1 Å². The fraction of sp³-hybridized carbons (Fsp3) is 0. The van der Waals surface area contributed by atoms with Crippen LogP contribution in [0.5, 0.6) is 5.75 Å². The molecule has 3 nitrogen and oxygen atoms in total. The van der Waals surface area contributed by atoms with Crippen molar-refractivity contribution in [2.45, 2.75) is 0 Å². The van der Waals surface area contributed by atoms with Crippen LogP contribution in [0, 0.1) is 0 Å². The molecule has 1 heterocycles. The summed E-state index contributed by atoms with van der Waals surface area (Å²) in [5, 5.41) is 10.3. The molecule has 0 spiro atoms. The number of fused-ring (bicyclic) bond motifs is 1. The summed E-state index contributed by atoms with van der Waals surface area (Å²) in [6.07, 6.45) is 2.21. The summed E-state index contributed by atoms with van der Waals surface area (Å²) in [5.41, 5.74) is 1.11. The Labute approximate surface area is 78.9 Å². The maximum Gasteiger partial charge on any atom is 0.152 e. The molecule has 0 aliphatic carbocycles. The molecule has 0 unspecified atom stereocenters. The zero-order valence-corrected chi connectivity index (χ0v) is 7.30. The predicted molar refractivity (Wildman–Crippen MR) is 50.4 cm³/mol. The van der Waals surface area contributed by atoms with E-state index < -0.39 is 0 Å². The molecular weight excluding hydrogens is 190 g/mol. The Kier molecular flexibility index (Phi) is 1.74. The second-order valence-electron chi connectivity index (χ2n) is 2.68. The summed E-state index contributed by atoms with van der Waals surface area (Å²) in [6, 6.07) is 3.29. The van der Waals surface area contributed by atoms with Crippen LogP contribution in [0.4, 0.5) is 0 Å². The standard InChI is InChI=1S/C9H6ClNO2/c10-6-1-2-7-8(9(6)13)5(4-12)3-11-7/h1-4,11,13H. The van der Waals surface area contributed by atoms with Gasteiger partial charge in [-0.2, -0.15) is 0 Å². The number of aromatic hydroxyl groups is 1. The number of phenols is 1. The van der Waals surface area contributed by atoms with Gasteiger partial charge in [-0.25, -0.2) is 0 Å². The second kappa shape index (κ2) is 2.78. The Morgan fingerprint density at radius 2 is 2.23 bits per heavy atom. The third kappa shape index (κ3) is 1.09. The van der Waals surface area contributed by atoms with Gasteiger partial charge in [-0.1, -0.05) is 11.6 Å². The molecule has 1 aromatic heterocycles. The van der Waals surface area contributed by atoms with Gasteiger partial charge in [0.2, 0.25) is 0 Å². The molecular formula is C9H6ClNO2. The predicted octanol–water partition coefficient (Wildman–Crippen LogP) is 2.34. The zero-order chi connectivity index (χ0) is 9.42. The average Bonchev–Trinajstić information content (AvgIpc) is 2.55. The molecule has 2 aromatic rings. The Balaban J connectivity index is 2.93. The quantitative estimate of drug-likeness (QED) is 0.687. The van der Waals surface area contributed by atoms with Crippen LogP contribution in [0.15, 0.2) is 18.3 Å². The smallest absolute Gasteiger partial charge is 0.152 e. The minimum Gasteiger partial charge on any atom is -0.506 e. The van der Waals surface area contributed by atoms with Gasteiger partial charge in [-0.3, -0.25) is 4.79 Å². The first-order valence-electron chi connectivity index (χ1n) is 3.68. The van der Waals surface area contributed by atoms with Crippen molar-refractivity contribution in [2.75, 3.05) is 0 Å². The van der Waals surface area contributed by atoms with Crippen LogP contribution < -0.4 is 0 Å². The first-order valence-corrected chi connectivity index (χ1v) is 4.05. The van der Waals surface area contributed by atoms with Gasteiger partial charge in [-0.05, 0) is 12.1 Å². The van der Waals surface area contributed by atoms with Gasteiger partial charge in [0.05, 0.1) is 10.4 Å². The maximum atomic E-state index is 10.6. The summed E-state index contributed by atoms with van der Waals surface area (Å²) in [4.78, 5) is 13.4. The molecule has 1 aromatic carbocycles. The van der Waals surface area contributed by atoms with Crippen molar-refractivity contribution in [3.05, 3.63) is 28.9 Å². The average molecular weight is 196 g/mol. The molecule has 0 atom stereocenters. The zero-order valence-electron chi connectivity index (χ0n) is 6.54. The van der Waals surface area contributed by atoms with Gasteiger partial charge in [0.15, 0.2) is 6.29 Å². The fourth-order valence-electron chi connectivity index (χ4n) is 1.30. The first-order chi connectivity index (χ1) is 6.24. The lowest BCUT2D eigenvalue weighted by Crippen LogP contribution is -1.76. The van der Waals surface area contributed by atoms with Crippen molar-refractivity contribution < 1.29 is 9.90 Å². The SMILES string of the molecule is O=Cc1c[nH]c2ccc(Cl)c(O)c12. The topological polar surface area (TPSA) is 53.1 Å². The number of nitrogens with one attached hydrogen (secondary N) is 1. The number of hydrogen-bond donors (Lipinski definition) is 2. The lowest BCUT2D eigenvalue weighted by atomic mass is 10.2. The van der Waals surface area contributed by atoms with E-state index in [0.717, 1.165) is 0 Å². The number of H-pyrrole nitrogens is 1. The summed E-state index contributed by atoms with van der Waals surface area (Å²) in [7, 11) is 0. The number of rotatable bonds is 1. The molecule has 0 saturated heterocycles. The van der Waals surface area contributed by atoms with E-state index in [-0.39, 0.29) is 10.8 Å². The number of aldehydes is 1. The molecule has 4 heteroatoms. The second-order valence-corrected chi connectivity index (χ2v) is 3.09. The molecule has 0 saturated carbocycles. The molecule has 2 rings (SSSR count). The highest BCUT2D eigenvalue weighted by atomic mass is 35.5. The van der Waals surface area contributed by atoms with E-state index in [9.17, 15) is 9.90 Å². The molecule has 0 aliphatic heterocycles. The summed E-state index contributed by atoms with van der Waals surface area (Å²) in [6.45, 7) is 0. The van der Waals surface area contributed by atoms with E-state index >= 15 is 0 Å². The van der Waals surface area contributed by atoms with E-state index in [0.29, 0.717) is 22.8 Å². The van der Waals surface area contributed by atoms with E-state index in [4.69, 9.17) is 11.6 Å². The third-order valence-corrected chi connectivity index (χ3v) is 2.23. The molecule has 0 amide bonds. The number of phenolic OH excluding ortho intramolecular Hbond substituents is 1. The minimum atomic E-state index is -0.0532. The Morgan fingerprint density at radius 3 is 2.92 bits per heavy atom. The van der Waals surface area contributed by atoms with Gasteiger partial charge in [-0.15, -0.1) is 0 Å². The lowest BCUT2D eigenvalue weighted by Gasteiger charge is -1.98. The highest BCUT2D eigenvalue weighted by Gasteiger charge is 2.09. The van der Waals surface area contributed by atoms with Gasteiger partial charge >= 0.3 is 0 Å². The first kappa shape index (κ1) is 8.13. The van der Waals surface area contributed by atoms with Crippen LogP contribution in [-0.2, 0) is 0 Å². The normalized spacial score (nSPS) is 10.5. The number of aromatic amines is 1. The van der Waals surface area contributed by atoms with Crippen molar-refractivity contribution in [3.8, 4) is 5.75 Å². The Bertz CT molecular complexity index is 476. The number of benzene rings is 1. The monoisotopic (exact) mass is 195 g/mol. The van der Waals surface area contributed by atoms with Crippen LogP contribution in [0.1, 0.15) is 10.4 Å². The molecule has 2 N–H and O–H groups in total. The molecule has 0 fully saturated rings. The van der Waals surface area contributed by atoms with E-state index in [1.165, 1.54) is 6.20 Å². The van der Waals surface area contributed by atoms with E-state index in [2.05, 4.69) is 4.98 Å². The molecule has 0 bridgehead atoms. The number of carbonyl (C=O) groups excluding carboxylic acids is 1. The minimum absolute atomic E-state index is 0.0532. The van der Waals surface area contributed by atoms with Crippen molar-refractivity contribution in [3.63, 3.8) is 0 Å². The third-order valence-electron chi connectivity index (χ3n) is 1.93. The van der Waals surface area contributed by atoms with Crippen LogP contribution in [0.2, 0.25) is 5.02 Å². The number of aromatic nitrogens is 1. The maximum absolute atomic E-state index is 10.6. The number of carbonyl (C=O) groups is 1. The molecule has 0 radical (unpaired) electrons. The van der Waals surface area contributed by atoms with Gasteiger partial charge in [0, 0.05) is 17.3 Å². The van der Waals surface area contributed by atoms with Gasteiger partial charge in [0.1, 0.15) is 5.75 Å². The highest BCUT2D eigenvalue weighted by Crippen LogP contribution is 2.33. The lowest BCUT2D eigenvalue weighted by molar-refractivity contribution is 0.112. The highest BCUT2D eigenvalue weighted by molar-refractivity contribution is 6.33. The Morgan fingerprint density at radius 1 is 1.46 bits per heavy atom. The Hall–Kier alpha value is -1.48. The van der Waals surface area contributed by atoms with Crippen LogP contribution >= 0.6 is 11.6 Å². The largest absolute Gasteiger partial charge is 0.506 e. The van der Waals surface area contributed by atoms with Crippen molar-refractivity contribution in [1.29, 1.82) is 0 Å². The van der Waals surface area contributed by atoms with Crippen LogP contribution in [0.25, 0.3) is 10.9 Å². The fourth-order valence-corrected chi connectivity index (χ4v) is 1.46. The van der Waals surface area contributed by atoms with Crippen LogP contribution in [0.3, 0.4) is 0 Å².